The van der Waals surface area contributed by atoms with Crippen molar-refractivity contribution in [1.29, 1.82) is 0 Å². The molecule has 7 nitrogen and oxygen atoms in total. The van der Waals surface area contributed by atoms with Gasteiger partial charge in [-0.1, -0.05) is 30.7 Å². The SMILES string of the molecule is O=C(CSc1nnc(Cc2cccs2)n1C1CC1)N(C1CCCC1)[C@H]1CCS(=O)(=O)C1. The van der Waals surface area contributed by atoms with Gasteiger partial charge in [-0.3, -0.25) is 4.79 Å². The molecule has 2 aromatic heterocycles. The zero-order valence-electron chi connectivity index (χ0n) is 17.5. The van der Waals surface area contributed by atoms with Crippen LogP contribution in [0.2, 0.25) is 0 Å². The zero-order valence-corrected chi connectivity index (χ0v) is 19.9. The van der Waals surface area contributed by atoms with E-state index in [0.717, 1.165) is 55.9 Å². The van der Waals surface area contributed by atoms with Crippen molar-refractivity contribution in [2.75, 3.05) is 17.3 Å². The Bertz CT molecular complexity index is 1020. The van der Waals surface area contributed by atoms with Gasteiger partial charge >= 0.3 is 0 Å². The third-order valence-electron chi connectivity index (χ3n) is 6.49. The molecule has 1 saturated heterocycles. The van der Waals surface area contributed by atoms with Gasteiger partial charge in [-0.05, 0) is 43.6 Å². The van der Waals surface area contributed by atoms with Crippen molar-refractivity contribution >= 4 is 38.8 Å². The van der Waals surface area contributed by atoms with Gasteiger partial charge < -0.3 is 9.47 Å². The van der Waals surface area contributed by atoms with E-state index in [4.69, 9.17) is 0 Å². The van der Waals surface area contributed by atoms with E-state index in [2.05, 4.69) is 26.2 Å². The summed E-state index contributed by atoms with van der Waals surface area (Å²) in [6.45, 7) is 0. The molecule has 1 atom stereocenters. The molecule has 168 valence electrons. The summed E-state index contributed by atoms with van der Waals surface area (Å²) in [5.74, 6) is 1.61. The molecule has 2 aliphatic carbocycles. The highest BCUT2D eigenvalue weighted by atomic mass is 32.2. The Kier molecular flexibility index (Phi) is 6.13. The van der Waals surface area contributed by atoms with Crippen molar-refractivity contribution in [1.82, 2.24) is 19.7 Å². The predicted molar refractivity (Wildman–Crippen MR) is 122 cm³/mol. The van der Waals surface area contributed by atoms with Gasteiger partial charge in [0.1, 0.15) is 5.82 Å². The number of sulfone groups is 1. The molecule has 3 heterocycles. The average Bonchev–Trinajstić information content (AvgIpc) is 3.18. The molecule has 3 aliphatic rings. The van der Waals surface area contributed by atoms with Gasteiger partial charge in [0.05, 0.1) is 17.3 Å². The number of amides is 1. The summed E-state index contributed by atoms with van der Waals surface area (Å²) in [4.78, 5) is 16.5. The van der Waals surface area contributed by atoms with Crippen LogP contribution in [0.4, 0.5) is 0 Å². The number of thioether (sulfide) groups is 1. The number of thiophene rings is 1. The highest BCUT2D eigenvalue weighted by molar-refractivity contribution is 7.99. The molecule has 31 heavy (non-hydrogen) atoms. The fraction of sp³-hybridized carbons (Fsp3) is 0.667. The Balaban J connectivity index is 1.30. The molecule has 2 saturated carbocycles. The summed E-state index contributed by atoms with van der Waals surface area (Å²) in [6.07, 6.45) is 7.79. The minimum absolute atomic E-state index is 0.0455. The smallest absolute Gasteiger partial charge is 0.233 e. The molecule has 0 aromatic carbocycles. The topological polar surface area (TPSA) is 85.2 Å². The molecule has 1 amide bonds. The zero-order chi connectivity index (χ0) is 21.4. The number of rotatable bonds is 8. The van der Waals surface area contributed by atoms with Crippen LogP contribution in [0.5, 0.6) is 0 Å². The number of carbonyl (C=O) groups is 1. The van der Waals surface area contributed by atoms with E-state index in [0.29, 0.717) is 12.5 Å². The molecule has 0 spiro atoms. The number of hydrogen-bond acceptors (Lipinski definition) is 7. The lowest BCUT2D eigenvalue weighted by Gasteiger charge is -2.34. The van der Waals surface area contributed by atoms with E-state index in [1.807, 2.05) is 11.0 Å². The Morgan fingerprint density at radius 1 is 1.16 bits per heavy atom. The van der Waals surface area contributed by atoms with Crippen molar-refractivity contribution in [3.63, 3.8) is 0 Å². The maximum atomic E-state index is 13.3. The van der Waals surface area contributed by atoms with E-state index in [1.54, 1.807) is 11.3 Å². The van der Waals surface area contributed by atoms with Crippen molar-refractivity contribution in [3.8, 4) is 0 Å². The maximum Gasteiger partial charge on any atom is 0.233 e. The highest BCUT2D eigenvalue weighted by Gasteiger charge is 2.39. The fourth-order valence-corrected chi connectivity index (χ4v) is 8.18. The molecule has 0 bridgehead atoms. The summed E-state index contributed by atoms with van der Waals surface area (Å²) in [6, 6.07) is 4.61. The fourth-order valence-electron chi connectivity index (χ4n) is 4.88. The largest absolute Gasteiger partial charge is 0.335 e. The first-order valence-electron chi connectivity index (χ1n) is 11.1. The molecule has 0 radical (unpaired) electrons. The standard InChI is InChI=1S/C21H28N4O3S3/c26-20(24(15-4-1-2-5-15)17-9-11-31(27,28)14-17)13-30-21-23-22-19(25(21)16-7-8-16)12-18-6-3-10-29-18/h3,6,10,15-17H,1-2,4-5,7-9,11-14H2/t17-/m0/s1. The van der Waals surface area contributed by atoms with Crippen molar-refractivity contribution in [2.24, 2.45) is 0 Å². The van der Waals surface area contributed by atoms with Gasteiger partial charge in [0.2, 0.25) is 5.91 Å². The third kappa shape index (κ3) is 4.85. The number of carbonyl (C=O) groups excluding carboxylic acids is 1. The van der Waals surface area contributed by atoms with E-state index >= 15 is 0 Å². The first-order valence-corrected chi connectivity index (χ1v) is 14.8. The number of hydrogen-bond donors (Lipinski definition) is 0. The monoisotopic (exact) mass is 480 g/mol. The lowest BCUT2D eigenvalue weighted by atomic mass is 10.1. The first kappa shape index (κ1) is 21.5. The molecular formula is C21H28N4O3S3. The summed E-state index contributed by atoms with van der Waals surface area (Å²) in [5, 5.41) is 11.7. The quantitative estimate of drug-likeness (QED) is 0.539. The molecule has 0 unspecified atom stereocenters. The molecule has 0 N–H and O–H groups in total. The predicted octanol–water partition coefficient (Wildman–Crippen LogP) is 3.32. The summed E-state index contributed by atoms with van der Waals surface area (Å²) in [7, 11) is -3.03. The van der Waals surface area contributed by atoms with E-state index in [-0.39, 0.29) is 35.2 Å². The number of nitrogens with zero attached hydrogens (tertiary/aromatic N) is 4. The van der Waals surface area contributed by atoms with Gasteiger partial charge in [0.25, 0.3) is 0 Å². The Labute approximate surface area is 191 Å². The van der Waals surface area contributed by atoms with Crippen molar-refractivity contribution in [3.05, 3.63) is 28.2 Å². The highest BCUT2D eigenvalue weighted by Crippen LogP contribution is 2.39. The van der Waals surface area contributed by atoms with Crippen molar-refractivity contribution < 1.29 is 13.2 Å². The van der Waals surface area contributed by atoms with Crippen LogP contribution in [-0.2, 0) is 21.1 Å². The Morgan fingerprint density at radius 3 is 2.61 bits per heavy atom. The summed E-state index contributed by atoms with van der Waals surface area (Å²) < 4.78 is 26.3. The van der Waals surface area contributed by atoms with Gasteiger partial charge in [-0.15, -0.1) is 21.5 Å². The third-order valence-corrected chi connectivity index (χ3v) is 10.0. The molecule has 10 heteroatoms. The lowest BCUT2D eigenvalue weighted by Crippen LogP contribution is -2.47. The lowest BCUT2D eigenvalue weighted by molar-refractivity contribution is -0.132. The van der Waals surface area contributed by atoms with Crippen LogP contribution in [-0.4, -0.2) is 63.3 Å². The minimum atomic E-state index is -3.03. The van der Waals surface area contributed by atoms with Gasteiger partial charge in [-0.2, -0.15) is 0 Å². The summed E-state index contributed by atoms with van der Waals surface area (Å²) >= 11 is 3.18. The van der Waals surface area contributed by atoms with Crippen LogP contribution in [0.1, 0.15) is 61.7 Å². The second kappa shape index (κ2) is 8.86. The van der Waals surface area contributed by atoms with Crippen LogP contribution >= 0.6 is 23.1 Å². The van der Waals surface area contributed by atoms with Gasteiger partial charge in [0.15, 0.2) is 15.0 Å². The van der Waals surface area contributed by atoms with Crippen LogP contribution in [0.25, 0.3) is 0 Å². The second-order valence-electron chi connectivity index (χ2n) is 8.84. The van der Waals surface area contributed by atoms with Gasteiger partial charge in [0, 0.05) is 29.4 Å². The maximum absolute atomic E-state index is 13.3. The van der Waals surface area contributed by atoms with E-state index in [1.165, 1.54) is 16.6 Å². The summed E-state index contributed by atoms with van der Waals surface area (Å²) in [5.41, 5.74) is 0. The number of aromatic nitrogens is 3. The Hall–Kier alpha value is -1.39. The van der Waals surface area contributed by atoms with Gasteiger partial charge in [-0.25, -0.2) is 8.42 Å². The second-order valence-corrected chi connectivity index (χ2v) is 13.0. The van der Waals surface area contributed by atoms with E-state index in [9.17, 15) is 13.2 Å². The average molecular weight is 481 g/mol. The van der Waals surface area contributed by atoms with Crippen LogP contribution in [0, 0.1) is 0 Å². The molecule has 1 aliphatic heterocycles. The Morgan fingerprint density at radius 2 is 1.97 bits per heavy atom. The van der Waals surface area contributed by atoms with Crippen LogP contribution < -0.4 is 0 Å². The van der Waals surface area contributed by atoms with Crippen LogP contribution in [0.3, 0.4) is 0 Å². The normalized spacial score (nSPS) is 23.4. The van der Waals surface area contributed by atoms with Crippen molar-refractivity contribution in [2.45, 2.75) is 74.6 Å². The van der Waals surface area contributed by atoms with Crippen LogP contribution in [0.15, 0.2) is 22.7 Å². The molecule has 3 fully saturated rings. The molecule has 2 aromatic rings. The first-order chi connectivity index (χ1) is 15.0. The molecular weight excluding hydrogens is 452 g/mol. The van der Waals surface area contributed by atoms with E-state index < -0.39 is 9.84 Å². The minimum Gasteiger partial charge on any atom is -0.335 e. The molecule has 5 rings (SSSR count).